The molecule has 6 heteroatoms. The van der Waals surface area contributed by atoms with Crippen molar-refractivity contribution in [2.24, 2.45) is 0 Å². The number of piperidine rings is 1. The number of nitrogens with zero attached hydrogens (tertiary/aromatic N) is 2. The molecule has 6 nitrogen and oxygen atoms in total. The summed E-state index contributed by atoms with van der Waals surface area (Å²) in [5, 5.41) is 0. The van der Waals surface area contributed by atoms with Crippen molar-refractivity contribution in [2.75, 3.05) is 41.3 Å². The molecule has 0 bridgehead atoms. The van der Waals surface area contributed by atoms with Crippen molar-refractivity contribution in [3.63, 3.8) is 0 Å². The van der Waals surface area contributed by atoms with Crippen molar-refractivity contribution < 1.29 is 28.0 Å². The number of rotatable bonds is 4. The zero-order valence-corrected chi connectivity index (χ0v) is 16.8. The maximum Gasteiger partial charge on any atom is 0.303 e. The van der Waals surface area contributed by atoms with E-state index in [0.717, 1.165) is 30.4 Å². The lowest BCUT2D eigenvalue weighted by Gasteiger charge is -2.53. The van der Waals surface area contributed by atoms with Crippen LogP contribution >= 0.6 is 0 Å². The molecular formula is C19H36N2O4+2. The van der Waals surface area contributed by atoms with Gasteiger partial charge in [0.2, 0.25) is 6.10 Å². The van der Waals surface area contributed by atoms with E-state index in [9.17, 15) is 9.59 Å². The van der Waals surface area contributed by atoms with Crippen LogP contribution in [0, 0.1) is 0 Å². The van der Waals surface area contributed by atoms with E-state index in [1.165, 1.54) is 33.1 Å². The van der Waals surface area contributed by atoms with Crippen molar-refractivity contribution >= 4 is 11.9 Å². The molecule has 2 fully saturated rings. The summed E-state index contributed by atoms with van der Waals surface area (Å²) in [4.78, 5) is 23.5. The van der Waals surface area contributed by atoms with E-state index < -0.39 is 0 Å². The monoisotopic (exact) mass is 356 g/mol. The van der Waals surface area contributed by atoms with Crippen LogP contribution in [0.3, 0.4) is 0 Å². The van der Waals surface area contributed by atoms with Crippen LogP contribution in [0.5, 0.6) is 0 Å². The van der Waals surface area contributed by atoms with Crippen LogP contribution in [-0.2, 0) is 19.1 Å². The third-order valence-corrected chi connectivity index (χ3v) is 6.00. The fraction of sp³-hybridized carbons (Fsp3) is 0.895. The van der Waals surface area contributed by atoms with Crippen LogP contribution in [0.4, 0.5) is 0 Å². The number of hydrogen-bond donors (Lipinski definition) is 0. The van der Waals surface area contributed by atoms with Gasteiger partial charge in [-0.2, -0.15) is 0 Å². The molecule has 1 heterocycles. The molecule has 0 N–H and O–H groups in total. The molecule has 0 spiro atoms. The van der Waals surface area contributed by atoms with Crippen molar-refractivity contribution in [3.05, 3.63) is 0 Å². The van der Waals surface area contributed by atoms with E-state index in [1.54, 1.807) is 0 Å². The predicted molar refractivity (Wildman–Crippen MR) is 95.7 cm³/mol. The Morgan fingerprint density at radius 1 is 0.920 bits per heavy atom. The lowest BCUT2D eigenvalue weighted by molar-refractivity contribution is -0.956. The summed E-state index contributed by atoms with van der Waals surface area (Å²) in [5.74, 6) is -0.512. The highest BCUT2D eigenvalue weighted by Crippen LogP contribution is 2.37. The van der Waals surface area contributed by atoms with Gasteiger partial charge in [-0.1, -0.05) is 0 Å². The Balaban J connectivity index is 2.37. The lowest BCUT2D eigenvalue weighted by atomic mass is 9.81. The smallest absolute Gasteiger partial charge is 0.303 e. The summed E-state index contributed by atoms with van der Waals surface area (Å²) >= 11 is 0. The van der Waals surface area contributed by atoms with Crippen LogP contribution in [0.15, 0.2) is 0 Å². The fourth-order valence-corrected chi connectivity index (χ4v) is 4.96. The van der Waals surface area contributed by atoms with Gasteiger partial charge in [-0.3, -0.25) is 9.59 Å². The first-order valence-corrected chi connectivity index (χ1v) is 9.54. The van der Waals surface area contributed by atoms with Gasteiger partial charge in [0, 0.05) is 20.3 Å². The molecule has 2 aliphatic rings. The second kappa shape index (κ2) is 7.62. The fourth-order valence-electron chi connectivity index (χ4n) is 4.96. The van der Waals surface area contributed by atoms with Crippen LogP contribution in [0.1, 0.15) is 46.0 Å². The largest absolute Gasteiger partial charge is 0.456 e. The molecule has 1 aliphatic heterocycles. The van der Waals surface area contributed by atoms with E-state index in [4.69, 9.17) is 9.47 Å². The number of carbonyl (C=O) groups excluding carboxylic acids is 2. The van der Waals surface area contributed by atoms with E-state index in [1.807, 2.05) is 0 Å². The van der Waals surface area contributed by atoms with Crippen LogP contribution in [0.2, 0.25) is 0 Å². The molecule has 1 saturated heterocycles. The maximum atomic E-state index is 11.9. The molecule has 4 atom stereocenters. The van der Waals surface area contributed by atoms with Gasteiger partial charge in [-0.15, -0.1) is 0 Å². The quantitative estimate of drug-likeness (QED) is 0.568. The minimum atomic E-state index is -0.262. The van der Waals surface area contributed by atoms with Gasteiger partial charge in [0.15, 0.2) is 12.1 Å². The van der Waals surface area contributed by atoms with Gasteiger partial charge in [0.1, 0.15) is 6.04 Å². The van der Waals surface area contributed by atoms with E-state index in [2.05, 4.69) is 28.2 Å². The molecule has 0 radical (unpaired) electrons. The van der Waals surface area contributed by atoms with Gasteiger partial charge in [-0.05, 0) is 25.7 Å². The van der Waals surface area contributed by atoms with Crippen molar-refractivity contribution in [2.45, 2.75) is 70.2 Å². The van der Waals surface area contributed by atoms with Gasteiger partial charge < -0.3 is 18.4 Å². The van der Waals surface area contributed by atoms with Gasteiger partial charge in [-0.25, -0.2) is 0 Å². The standard InChI is InChI=1S/C19H36N2O4/c1-14(22)24-17-11-10-16(21(6)12-8-7-9-13-21)19(25-15(2)23)18(17)20(3,4)5/h16-19H,7-13H2,1-6H3/q+2/t16-,17+,18-,19+/m1/s1. The minimum Gasteiger partial charge on any atom is -0.456 e. The molecule has 0 unspecified atom stereocenters. The van der Waals surface area contributed by atoms with Gasteiger partial charge in [0.05, 0.1) is 41.3 Å². The summed E-state index contributed by atoms with van der Waals surface area (Å²) < 4.78 is 13.1. The molecule has 25 heavy (non-hydrogen) atoms. The summed E-state index contributed by atoms with van der Waals surface area (Å²) in [7, 11) is 8.59. The topological polar surface area (TPSA) is 52.6 Å². The Morgan fingerprint density at radius 2 is 1.48 bits per heavy atom. The summed E-state index contributed by atoms with van der Waals surface area (Å²) in [6.45, 7) is 5.20. The highest BCUT2D eigenvalue weighted by Gasteiger charge is 2.56. The molecule has 2 rings (SSSR count). The number of esters is 2. The average Bonchev–Trinajstić information content (AvgIpc) is 2.45. The third kappa shape index (κ3) is 4.73. The SMILES string of the molecule is CC(=O)O[C@@H]1[C@H]([N+](C)(C)C)[C@@H](OC(C)=O)CC[C@H]1[N+]1(C)CCCCC1. The van der Waals surface area contributed by atoms with Crippen molar-refractivity contribution in [1.82, 2.24) is 0 Å². The molecule has 144 valence electrons. The zero-order valence-electron chi connectivity index (χ0n) is 16.8. The molecule has 0 aromatic rings. The highest BCUT2D eigenvalue weighted by atomic mass is 16.6. The second-order valence-electron chi connectivity index (χ2n) is 8.96. The number of likely N-dealkylation sites (tertiary alicyclic amines) is 1. The van der Waals surface area contributed by atoms with E-state index >= 15 is 0 Å². The number of carbonyl (C=O) groups is 2. The second-order valence-corrected chi connectivity index (χ2v) is 8.96. The maximum absolute atomic E-state index is 11.9. The number of likely N-dealkylation sites (N-methyl/N-ethyl adjacent to an activating group) is 2. The Bertz CT molecular complexity index is 494. The van der Waals surface area contributed by atoms with Crippen molar-refractivity contribution in [1.29, 1.82) is 0 Å². The zero-order chi connectivity index (χ0) is 18.8. The van der Waals surface area contributed by atoms with Gasteiger partial charge >= 0.3 is 11.9 Å². The van der Waals surface area contributed by atoms with Crippen LogP contribution in [0.25, 0.3) is 0 Å². The first-order chi connectivity index (χ1) is 11.5. The molecule has 0 amide bonds. The highest BCUT2D eigenvalue weighted by molar-refractivity contribution is 5.67. The molecular weight excluding hydrogens is 320 g/mol. The number of quaternary nitrogens is 2. The van der Waals surface area contributed by atoms with E-state index in [-0.39, 0.29) is 36.2 Å². The van der Waals surface area contributed by atoms with E-state index in [0.29, 0.717) is 4.48 Å². The summed E-state index contributed by atoms with van der Waals surface area (Å²) in [5.41, 5.74) is 0. The molecule has 1 aliphatic carbocycles. The molecule has 0 aromatic carbocycles. The predicted octanol–water partition coefficient (Wildman–Crippen LogP) is 1.72. The first kappa shape index (κ1) is 20.2. The number of ether oxygens (including phenoxy) is 2. The van der Waals surface area contributed by atoms with Crippen LogP contribution < -0.4 is 0 Å². The Kier molecular flexibility index (Phi) is 6.15. The van der Waals surface area contributed by atoms with Crippen molar-refractivity contribution in [3.8, 4) is 0 Å². The normalized spacial score (nSPS) is 32.7. The molecule has 0 aromatic heterocycles. The summed E-state index contributed by atoms with van der Waals surface area (Å²) in [6.07, 6.45) is 5.03. The summed E-state index contributed by atoms with van der Waals surface area (Å²) in [6, 6.07) is 0.210. The first-order valence-electron chi connectivity index (χ1n) is 9.54. The number of hydrogen-bond acceptors (Lipinski definition) is 4. The van der Waals surface area contributed by atoms with Gasteiger partial charge in [0.25, 0.3) is 0 Å². The Hall–Kier alpha value is -1.14. The third-order valence-electron chi connectivity index (χ3n) is 6.00. The minimum absolute atomic E-state index is 0.0524. The lowest BCUT2D eigenvalue weighted by Crippen LogP contribution is -2.71. The average molecular weight is 357 g/mol. The Morgan fingerprint density at radius 3 is 1.96 bits per heavy atom. The van der Waals surface area contributed by atoms with Crippen LogP contribution in [-0.4, -0.2) is 86.5 Å². The Labute approximate surface area is 152 Å². The molecule has 1 saturated carbocycles.